The molecule has 0 aliphatic rings. The third-order valence-corrected chi connectivity index (χ3v) is 3.45. The van der Waals surface area contributed by atoms with Crippen LogP contribution in [0, 0.1) is 5.92 Å². The Balaban J connectivity index is 1.97. The summed E-state index contributed by atoms with van der Waals surface area (Å²) in [5, 5.41) is 0. The van der Waals surface area contributed by atoms with Crippen LogP contribution in [-0.4, -0.2) is 48.2 Å². The zero-order valence-corrected chi connectivity index (χ0v) is 13.2. The summed E-state index contributed by atoms with van der Waals surface area (Å²) in [5.41, 5.74) is 8.55. The fraction of sp³-hybridized carbons (Fsp3) is 0.562. The molecule has 0 aliphatic heterocycles. The number of ether oxygens (including phenoxy) is 1. The Labute approximate surface area is 126 Å². The summed E-state index contributed by atoms with van der Waals surface area (Å²) in [5.74, 6) is 1.67. The molecule has 2 rings (SSSR count). The number of nitrogens with zero attached hydrogens (tertiary/aromatic N) is 2. The Kier molecular flexibility index (Phi) is 5.59. The molecular weight excluding hydrogens is 264 g/mol. The lowest BCUT2D eigenvalue weighted by atomic mass is 10.2. The van der Waals surface area contributed by atoms with Gasteiger partial charge in [-0.15, -0.1) is 0 Å². The van der Waals surface area contributed by atoms with Gasteiger partial charge in [0.2, 0.25) is 0 Å². The summed E-state index contributed by atoms with van der Waals surface area (Å²) in [4.78, 5) is 10.4. The van der Waals surface area contributed by atoms with Crippen molar-refractivity contribution >= 4 is 16.7 Å². The van der Waals surface area contributed by atoms with Gasteiger partial charge in [-0.2, -0.15) is 0 Å². The van der Waals surface area contributed by atoms with Crippen molar-refractivity contribution in [1.82, 2.24) is 14.9 Å². The number of imidazole rings is 1. The van der Waals surface area contributed by atoms with Gasteiger partial charge in [-0.25, -0.2) is 4.98 Å². The van der Waals surface area contributed by atoms with Crippen LogP contribution in [0.4, 0.5) is 5.69 Å². The van der Waals surface area contributed by atoms with Crippen LogP contribution in [0.1, 0.15) is 19.7 Å². The number of H-pyrrole nitrogens is 1. The number of nitrogens with one attached hydrogen (secondary N) is 1. The lowest BCUT2D eigenvalue weighted by Crippen LogP contribution is -2.33. The van der Waals surface area contributed by atoms with Gasteiger partial charge in [0.25, 0.3) is 0 Å². The zero-order chi connectivity index (χ0) is 15.2. The summed E-state index contributed by atoms with van der Waals surface area (Å²) in [7, 11) is 1.75. The van der Waals surface area contributed by atoms with Gasteiger partial charge in [0, 0.05) is 38.9 Å². The number of nitrogen functional groups attached to an aromatic ring is 1. The highest BCUT2D eigenvalue weighted by Gasteiger charge is 2.09. The quantitative estimate of drug-likeness (QED) is 0.732. The number of benzene rings is 1. The van der Waals surface area contributed by atoms with Gasteiger partial charge in [-0.3, -0.25) is 0 Å². The van der Waals surface area contributed by atoms with Gasteiger partial charge in [-0.05, 0) is 24.1 Å². The van der Waals surface area contributed by atoms with Gasteiger partial charge in [0.1, 0.15) is 5.82 Å². The van der Waals surface area contributed by atoms with Crippen LogP contribution in [0.2, 0.25) is 0 Å². The number of aromatic nitrogens is 2. The molecule has 1 aromatic carbocycles. The molecule has 0 fully saturated rings. The predicted molar refractivity (Wildman–Crippen MR) is 87.4 cm³/mol. The van der Waals surface area contributed by atoms with E-state index in [1.165, 1.54) is 0 Å². The Morgan fingerprint density at radius 2 is 2.14 bits per heavy atom. The topological polar surface area (TPSA) is 67.2 Å². The van der Waals surface area contributed by atoms with Crippen molar-refractivity contribution in [3.63, 3.8) is 0 Å². The van der Waals surface area contributed by atoms with Crippen LogP contribution in [-0.2, 0) is 11.2 Å². The molecule has 0 aliphatic carbocycles. The van der Waals surface area contributed by atoms with E-state index in [9.17, 15) is 0 Å². The molecule has 116 valence electrons. The van der Waals surface area contributed by atoms with Gasteiger partial charge >= 0.3 is 0 Å². The van der Waals surface area contributed by atoms with Crippen molar-refractivity contribution in [2.75, 3.05) is 39.1 Å². The molecule has 0 amide bonds. The fourth-order valence-electron chi connectivity index (χ4n) is 2.49. The second-order valence-electron chi connectivity index (χ2n) is 5.90. The van der Waals surface area contributed by atoms with E-state index in [2.05, 4.69) is 28.7 Å². The van der Waals surface area contributed by atoms with Crippen LogP contribution in [0.3, 0.4) is 0 Å². The largest absolute Gasteiger partial charge is 0.399 e. The normalized spacial score (nSPS) is 11.9. The molecule has 21 heavy (non-hydrogen) atoms. The number of nitrogens with two attached hydrogens (primary N) is 1. The van der Waals surface area contributed by atoms with E-state index in [1.54, 1.807) is 7.11 Å². The molecule has 2 aromatic rings. The van der Waals surface area contributed by atoms with Gasteiger partial charge in [-0.1, -0.05) is 13.8 Å². The van der Waals surface area contributed by atoms with E-state index in [0.717, 1.165) is 55.2 Å². The summed E-state index contributed by atoms with van der Waals surface area (Å²) >= 11 is 0. The first-order valence-corrected chi connectivity index (χ1v) is 7.54. The third kappa shape index (κ3) is 4.72. The van der Waals surface area contributed by atoms with Crippen molar-refractivity contribution in [1.29, 1.82) is 0 Å². The number of hydrogen-bond acceptors (Lipinski definition) is 4. The summed E-state index contributed by atoms with van der Waals surface area (Å²) < 4.78 is 5.19. The molecule has 0 saturated heterocycles. The molecule has 0 bridgehead atoms. The molecule has 1 heterocycles. The number of aromatic amines is 1. The molecule has 5 heteroatoms. The predicted octanol–water partition coefficient (Wildman–Crippen LogP) is 2.29. The Hall–Kier alpha value is -1.59. The Bertz CT molecular complexity index is 564. The molecule has 0 spiro atoms. The minimum absolute atomic E-state index is 0.650. The maximum Gasteiger partial charge on any atom is 0.108 e. The van der Waals surface area contributed by atoms with E-state index >= 15 is 0 Å². The molecular formula is C16H26N4O. The molecule has 0 atom stereocenters. The van der Waals surface area contributed by atoms with Crippen molar-refractivity contribution in [2.24, 2.45) is 5.92 Å². The van der Waals surface area contributed by atoms with Crippen LogP contribution in [0.5, 0.6) is 0 Å². The smallest absolute Gasteiger partial charge is 0.108 e. The van der Waals surface area contributed by atoms with Crippen LogP contribution in [0.15, 0.2) is 18.2 Å². The molecule has 0 saturated carbocycles. The van der Waals surface area contributed by atoms with E-state index in [0.29, 0.717) is 5.92 Å². The maximum absolute atomic E-state index is 5.80. The standard InChI is InChI=1S/C16H26N4O/c1-12(2)11-20(8-9-21-3)7-6-16-18-14-5-4-13(17)10-15(14)19-16/h4-5,10,12H,6-9,11,17H2,1-3H3,(H,18,19). The van der Waals surface area contributed by atoms with Crippen molar-refractivity contribution in [3.8, 4) is 0 Å². The first-order chi connectivity index (χ1) is 10.1. The average molecular weight is 290 g/mol. The van der Waals surface area contributed by atoms with Crippen LogP contribution in [0.25, 0.3) is 11.0 Å². The molecule has 3 N–H and O–H groups in total. The first kappa shape index (κ1) is 15.8. The Morgan fingerprint density at radius 1 is 1.33 bits per heavy atom. The highest BCUT2D eigenvalue weighted by atomic mass is 16.5. The summed E-state index contributed by atoms with van der Waals surface area (Å²) in [6.45, 7) is 8.27. The van der Waals surface area contributed by atoms with Crippen LogP contribution < -0.4 is 5.73 Å². The second-order valence-corrected chi connectivity index (χ2v) is 5.90. The van der Waals surface area contributed by atoms with Crippen molar-refractivity contribution < 1.29 is 4.74 Å². The van der Waals surface area contributed by atoms with E-state index in [1.807, 2.05) is 18.2 Å². The monoisotopic (exact) mass is 290 g/mol. The maximum atomic E-state index is 5.80. The molecule has 0 radical (unpaired) electrons. The molecule has 5 nitrogen and oxygen atoms in total. The number of methoxy groups -OCH3 is 1. The lowest BCUT2D eigenvalue weighted by molar-refractivity contribution is 0.140. The Morgan fingerprint density at radius 3 is 2.86 bits per heavy atom. The third-order valence-electron chi connectivity index (χ3n) is 3.45. The van der Waals surface area contributed by atoms with Gasteiger partial charge in [0.05, 0.1) is 17.6 Å². The van der Waals surface area contributed by atoms with E-state index < -0.39 is 0 Å². The highest BCUT2D eigenvalue weighted by molar-refractivity contribution is 5.78. The first-order valence-electron chi connectivity index (χ1n) is 7.54. The van der Waals surface area contributed by atoms with Gasteiger partial charge < -0.3 is 20.4 Å². The van der Waals surface area contributed by atoms with Crippen LogP contribution >= 0.6 is 0 Å². The fourth-order valence-corrected chi connectivity index (χ4v) is 2.49. The minimum Gasteiger partial charge on any atom is -0.399 e. The van der Waals surface area contributed by atoms with E-state index in [4.69, 9.17) is 10.5 Å². The number of fused-ring (bicyclic) bond motifs is 1. The summed E-state index contributed by atoms with van der Waals surface area (Å²) in [6.07, 6.45) is 0.908. The number of anilines is 1. The average Bonchev–Trinajstić information content (AvgIpc) is 2.83. The molecule has 0 unspecified atom stereocenters. The van der Waals surface area contributed by atoms with E-state index in [-0.39, 0.29) is 0 Å². The number of hydrogen-bond donors (Lipinski definition) is 2. The summed E-state index contributed by atoms with van der Waals surface area (Å²) in [6, 6.07) is 5.78. The SMILES string of the molecule is COCCN(CCc1nc2ccc(N)cc2[nH]1)CC(C)C. The van der Waals surface area contributed by atoms with Gasteiger partial charge in [0.15, 0.2) is 0 Å². The highest BCUT2D eigenvalue weighted by Crippen LogP contribution is 2.15. The van der Waals surface area contributed by atoms with Crippen molar-refractivity contribution in [3.05, 3.63) is 24.0 Å². The van der Waals surface area contributed by atoms with Crippen molar-refractivity contribution in [2.45, 2.75) is 20.3 Å². The second kappa shape index (κ2) is 7.43. The minimum atomic E-state index is 0.650. The molecule has 1 aromatic heterocycles. The lowest BCUT2D eigenvalue weighted by Gasteiger charge is -2.23. The number of rotatable bonds is 8. The zero-order valence-electron chi connectivity index (χ0n) is 13.2.